The Balaban J connectivity index is 1.67. The highest BCUT2D eigenvalue weighted by molar-refractivity contribution is 7.12. The lowest BCUT2D eigenvalue weighted by atomic mass is 10.0. The molecule has 26 heavy (non-hydrogen) atoms. The van der Waals surface area contributed by atoms with Crippen LogP contribution in [0, 0.1) is 5.92 Å². The molecule has 0 bridgehead atoms. The van der Waals surface area contributed by atoms with Gasteiger partial charge in [-0.05, 0) is 29.5 Å². The first-order valence-electron chi connectivity index (χ1n) is 8.49. The van der Waals surface area contributed by atoms with Gasteiger partial charge in [-0.15, -0.1) is 11.3 Å². The topological polar surface area (TPSA) is 76.0 Å². The van der Waals surface area contributed by atoms with E-state index in [1.807, 2.05) is 61.2 Å². The zero-order chi connectivity index (χ0) is 18.7. The molecule has 2 amide bonds. The molecule has 0 aliphatic heterocycles. The Morgan fingerprint density at radius 2 is 1.96 bits per heavy atom. The number of amides is 2. The number of hydrogen-bond acceptors (Lipinski definition) is 4. The monoisotopic (exact) mass is 370 g/mol. The largest absolute Gasteiger partial charge is 0.347 e. The number of rotatable bonds is 6. The van der Waals surface area contributed by atoms with E-state index in [4.69, 9.17) is 0 Å². The summed E-state index contributed by atoms with van der Waals surface area (Å²) in [5.41, 5.74) is 1.91. The number of nitrogens with zero attached hydrogens (tertiary/aromatic N) is 2. The van der Waals surface area contributed by atoms with Gasteiger partial charge in [0.05, 0.1) is 22.5 Å². The summed E-state index contributed by atoms with van der Waals surface area (Å²) in [7, 11) is 1.93. The number of aromatic nitrogens is 2. The maximum Gasteiger partial charge on any atom is 0.262 e. The standard InChI is InChI=1S/C19H22N4O2S/c1-12(2)17(22-18(24)15-9-6-10-26-15)19(25)20-11-16-21-13-7-4-5-8-14(13)23(16)3/h4-10,12,17H,11H2,1-3H3,(H,20,25)(H,22,24)/t17-/m0/s1. The summed E-state index contributed by atoms with van der Waals surface area (Å²) in [5.74, 6) is 0.305. The van der Waals surface area contributed by atoms with Gasteiger partial charge in [0.1, 0.15) is 11.9 Å². The lowest BCUT2D eigenvalue weighted by molar-refractivity contribution is -0.124. The van der Waals surface area contributed by atoms with Gasteiger partial charge in [0, 0.05) is 7.05 Å². The van der Waals surface area contributed by atoms with Crippen LogP contribution in [-0.4, -0.2) is 27.4 Å². The van der Waals surface area contributed by atoms with Gasteiger partial charge in [-0.25, -0.2) is 4.98 Å². The number of nitrogens with one attached hydrogen (secondary N) is 2. The number of hydrogen-bond donors (Lipinski definition) is 2. The minimum Gasteiger partial charge on any atom is -0.347 e. The van der Waals surface area contributed by atoms with Crippen LogP contribution in [0.2, 0.25) is 0 Å². The minimum atomic E-state index is -0.598. The molecule has 2 aromatic heterocycles. The Morgan fingerprint density at radius 1 is 1.19 bits per heavy atom. The fourth-order valence-electron chi connectivity index (χ4n) is 2.78. The van der Waals surface area contributed by atoms with E-state index in [-0.39, 0.29) is 17.7 Å². The highest BCUT2D eigenvalue weighted by Gasteiger charge is 2.25. The Labute approximate surface area is 156 Å². The number of imidazole rings is 1. The van der Waals surface area contributed by atoms with E-state index in [0.29, 0.717) is 11.4 Å². The average Bonchev–Trinajstić information content (AvgIpc) is 3.26. The minimum absolute atomic E-state index is 0.0284. The second kappa shape index (κ2) is 7.70. The van der Waals surface area contributed by atoms with Gasteiger partial charge in [-0.2, -0.15) is 0 Å². The first-order chi connectivity index (χ1) is 12.5. The van der Waals surface area contributed by atoms with Crippen molar-refractivity contribution in [3.8, 4) is 0 Å². The third-order valence-electron chi connectivity index (χ3n) is 4.28. The quantitative estimate of drug-likeness (QED) is 0.700. The van der Waals surface area contributed by atoms with E-state index in [2.05, 4.69) is 15.6 Å². The van der Waals surface area contributed by atoms with Crippen molar-refractivity contribution in [1.29, 1.82) is 0 Å². The highest BCUT2D eigenvalue weighted by Crippen LogP contribution is 2.14. The van der Waals surface area contributed by atoms with Crippen molar-refractivity contribution in [2.24, 2.45) is 13.0 Å². The van der Waals surface area contributed by atoms with Crippen LogP contribution < -0.4 is 10.6 Å². The van der Waals surface area contributed by atoms with Gasteiger partial charge < -0.3 is 15.2 Å². The summed E-state index contributed by atoms with van der Waals surface area (Å²) in [5, 5.41) is 7.57. The Hall–Kier alpha value is -2.67. The molecule has 136 valence electrons. The number of thiophene rings is 1. The number of benzene rings is 1. The van der Waals surface area contributed by atoms with Crippen LogP contribution >= 0.6 is 11.3 Å². The second-order valence-electron chi connectivity index (χ2n) is 6.47. The summed E-state index contributed by atoms with van der Waals surface area (Å²) in [6.45, 7) is 4.13. The van der Waals surface area contributed by atoms with Crippen molar-refractivity contribution >= 4 is 34.2 Å². The van der Waals surface area contributed by atoms with Crippen molar-refractivity contribution in [2.75, 3.05) is 0 Å². The smallest absolute Gasteiger partial charge is 0.262 e. The molecule has 6 nitrogen and oxygen atoms in total. The molecule has 1 aromatic carbocycles. The zero-order valence-corrected chi connectivity index (χ0v) is 15.8. The molecule has 0 fully saturated rings. The number of carbonyl (C=O) groups is 2. The van der Waals surface area contributed by atoms with Crippen molar-refractivity contribution in [3.05, 3.63) is 52.5 Å². The Morgan fingerprint density at radius 3 is 2.62 bits per heavy atom. The predicted molar refractivity (Wildman–Crippen MR) is 103 cm³/mol. The second-order valence-corrected chi connectivity index (χ2v) is 7.41. The van der Waals surface area contributed by atoms with Gasteiger partial charge in [-0.3, -0.25) is 9.59 Å². The molecule has 2 N–H and O–H groups in total. The number of aryl methyl sites for hydroxylation is 1. The summed E-state index contributed by atoms with van der Waals surface area (Å²) in [4.78, 5) is 30.1. The van der Waals surface area contributed by atoms with Crippen LogP contribution in [0.25, 0.3) is 11.0 Å². The third-order valence-corrected chi connectivity index (χ3v) is 5.15. The van der Waals surface area contributed by atoms with Gasteiger partial charge in [0.2, 0.25) is 5.91 Å². The van der Waals surface area contributed by atoms with Gasteiger partial charge in [0.25, 0.3) is 5.91 Å². The van der Waals surface area contributed by atoms with Gasteiger partial charge in [0.15, 0.2) is 0 Å². The molecule has 0 aliphatic rings. The molecule has 3 rings (SSSR count). The van der Waals surface area contributed by atoms with E-state index in [9.17, 15) is 9.59 Å². The van der Waals surface area contributed by atoms with Crippen molar-refractivity contribution in [3.63, 3.8) is 0 Å². The van der Waals surface area contributed by atoms with Crippen molar-refractivity contribution in [2.45, 2.75) is 26.4 Å². The van der Waals surface area contributed by atoms with Crippen LogP contribution in [-0.2, 0) is 18.4 Å². The Bertz CT molecular complexity index is 915. The SMILES string of the molecule is CC(C)[C@H](NC(=O)c1cccs1)C(=O)NCc1nc2ccccc2n1C. The molecule has 7 heteroatoms. The average molecular weight is 370 g/mol. The molecule has 0 saturated heterocycles. The molecule has 2 heterocycles. The molecule has 1 atom stereocenters. The fourth-order valence-corrected chi connectivity index (χ4v) is 3.41. The van der Waals surface area contributed by atoms with Gasteiger partial charge in [-0.1, -0.05) is 32.0 Å². The third kappa shape index (κ3) is 3.77. The normalized spacial score (nSPS) is 12.3. The number of para-hydroxylation sites is 2. The van der Waals surface area contributed by atoms with Crippen LogP contribution in [0.4, 0.5) is 0 Å². The molecule has 3 aromatic rings. The molecular weight excluding hydrogens is 348 g/mol. The van der Waals surface area contributed by atoms with Crippen LogP contribution in [0.15, 0.2) is 41.8 Å². The van der Waals surface area contributed by atoms with E-state index in [1.54, 1.807) is 6.07 Å². The number of fused-ring (bicyclic) bond motifs is 1. The molecule has 0 saturated carbocycles. The molecule has 0 spiro atoms. The lowest BCUT2D eigenvalue weighted by Gasteiger charge is -2.21. The van der Waals surface area contributed by atoms with E-state index >= 15 is 0 Å². The maximum atomic E-state index is 12.6. The van der Waals surface area contributed by atoms with E-state index in [0.717, 1.165) is 16.9 Å². The number of carbonyl (C=O) groups excluding carboxylic acids is 2. The summed E-state index contributed by atoms with van der Waals surface area (Å²) in [6, 6.07) is 10.8. The first-order valence-corrected chi connectivity index (χ1v) is 9.37. The van der Waals surface area contributed by atoms with Crippen LogP contribution in [0.5, 0.6) is 0 Å². The molecule has 0 unspecified atom stereocenters. The zero-order valence-electron chi connectivity index (χ0n) is 15.0. The molecule has 0 aliphatic carbocycles. The van der Waals surface area contributed by atoms with Crippen LogP contribution in [0.3, 0.4) is 0 Å². The predicted octanol–water partition coefficient (Wildman–Crippen LogP) is 2.71. The fraction of sp³-hybridized carbons (Fsp3) is 0.316. The lowest BCUT2D eigenvalue weighted by Crippen LogP contribution is -2.49. The molecule has 0 radical (unpaired) electrons. The Kier molecular flexibility index (Phi) is 5.37. The van der Waals surface area contributed by atoms with Crippen LogP contribution in [0.1, 0.15) is 29.3 Å². The first kappa shape index (κ1) is 18.1. The van der Waals surface area contributed by atoms with Crippen molar-refractivity contribution in [1.82, 2.24) is 20.2 Å². The van der Waals surface area contributed by atoms with E-state index < -0.39 is 6.04 Å². The van der Waals surface area contributed by atoms with E-state index in [1.165, 1.54) is 11.3 Å². The van der Waals surface area contributed by atoms with Gasteiger partial charge >= 0.3 is 0 Å². The summed E-state index contributed by atoms with van der Waals surface area (Å²) < 4.78 is 1.96. The highest BCUT2D eigenvalue weighted by atomic mass is 32.1. The summed E-state index contributed by atoms with van der Waals surface area (Å²) >= 11 is 1.35. The summed E-state index contributed by atoms with van der Waals surface area (Å²) in [6.07, 6.45) is 0. The van der Waals surface area contributed by atoms with Crippen molar-refractivity contribution < 1.29 is 9.59 Å². The molecular formula is C19H22N4O2S. The maximum absolute atomic E-state index is 12.6.